The quantitative estimate of drug-likeness (QED) is 0.776. The van der Waals surface area contributed by atoms with Crippen molar-refractivity contribution in [1.82, 2.24) is 14.8 Å². The summed E-state index contributed by atoms with van der Waals surface area (Å²) < 4.78 is 30.0. The SMILES string of the molecule is COc1ccc(CN2CCN(Cc3ccncc3)[C@@H]3CS(=O)(=O)C[C@@H]32)cc1. The van der Waals surface area contributed by atoms with Crippen molar-refractivity contribution in [1.29, 1.82) is 0 Å². The Morgan fingerprint density at radius 2 is 1.44 bits per heavy atom. The first-order valence-electron chi connectivity index (χ1n) is 9.24. The van der Waals surface area contributed by atoms with Gasteiger partial charge in [0.05, 0.1) is 18.6 Å². The zero-order chi connectivity index (χ0) is 18.9. The van der Waals surface area contributed by atoms with E-state index in [4.69, 9.17) is 4.74 Å². The van der Waals surface area contributed by atoms with Crippen LogP contribution in [0, 0.1) is 0 Å². The fourth-order valence-corrected chi connectivity index (χ4v) is 6.22. The van der Waals surface area contributed by atoms with Crippen LogP contribution in [0.25, 0.3) is 0 Å². The highest BCUT2D eigenvalue weighted by atomic mass is 32.2. The van der Waals surface area contributed by atoms with E-state index in [0.717, 1.165) is 31.9 Å². The molecule has 3 heterocycles. The topological polar surface area (TPSA) is 62.7 Å². The maximum Gasteiger partial charge on any atom is 0.153 e. The van der Waals surface area contributed by atoms with Crippen LogP contribution in [0.4, 0.5) is 0 Å². The van der Waals surface area contributed by atoms with Crippen LogP contribution in [0.15, 0.2) is 48.8 Å². The van der Waals surface area contributed by atoms with Gasteiger partial charge in [-0.25, -0.2) is 8.42 Å². The number of ether oxygens (including phenoxy) is 1. The molecule has 7 heteroatoms. The average molecular weight is 388 g/mol. The largest absolute Gasteiger partial charge is 0.497 e. The number of methoxy groups -OCH3 is 1. The molecule has 27 heavy (non-hydrogen) atoms. The Morgan fingerprint density at radius 3 is 1.96 bits per heavy atom. The summed E-state index contributed by atoms with van der Waals surface area (Å²) in [6, 6.07) is 12.1. The lowest BCUT2D eigenvalue weighted by Gasteiger charge is -2.44. The Labute approximate surface area is 160 Å². The number of sulfone groups is 1. The molecule has 6 nitrogen and oxygen atoms in total. The molecule has 0 saturated carbocycles. The van der Waals surface area contributed by atoms with Crippen molar-refractivity contribution >= 4 is 9.84 Å². The number of aromatic nitrogens is 1. The third-order valence-electron chi connectivity index (χ3n) is 5.59. The van der Waals surface area contributed by atoms with Gasteiger partial charge < -0.3 is 4.74 Å². The number of rotatable bonds is 5. The van der Waals surface area contributed by atoms with Crippen molar-refractivity contribution in [3.05, 3.63) is 59.9 Å². The molecule has 0 amide bonds. The van der Waals surface area contributed by atoms with Crippen molar-refractivity contribution < 1.29 is 13.2 Å². The summed E-state index contributed by atoms with van der Waals surface area (Å²) in [6.45, 7) is 3.28. The number of piperazine rings is 1. The highest BCUT2D eigenvalue weighted by molar-refractivity contribution is 7.91. The van der Waals surface area contributed by atoms with E-state index in [9.17, 15) is 8.42 Å². The lowest BCUT2D eigenvalue weighted by atomic mass is 10.0. The summed E-state index contributed by atoms with van der Waals surface area (Å²) >= 11 is 0. The van der Waals surface area contributed by atoms with E-state index in [1.807, 2.05) is 24.3 Å². The first kappa shape index (κ1) is 18.4. The highest BCUT2D eigenvalue weighted by Gasteiger charge is 2.46. The van der Waals surface area contributed by atoms with Crippen LogP contribution in [0.2, 0.25) is 0 Å². The summed E-state index contributed by atoms with van der Waals surface area (Å²) in [5, 5.41) is 0. The van der Waals surface area contributed by atoms with Gasteiger partial charge in [0.25, 0.3) is 0 Å². The van der Waals surface area contributed by atoms with E-state index >= 15 is 0 Å². The second-order valence-corrected chi connectivity index (χ2v) is 9.51. The number of nitrogens with zero attached hydrogens (tertiary/aromatic N) is 3. The molecule has 2 aromatic rings. The monoisotopic (exact) mass is 387 g/mol. The van der Waals surface area contributed by atoms with Gasteiger partial charge in [-0.1, -0.05) is 12.1 Å². The summed E-state index contributed by atoms with van der Waals surface area (Å²) in [7, 11) is -1.35. The molecule has 1 aromatic carbocycles. The third kappa shape index (κ3) is 4.15. The van der Waals surface area contributed by atoms with Crippen LogP contribution < -0.4 is 4.74 Å². The Morgan fingerprint density at radius 1 is 0.926 bits per heavy atom. The Kier molecular flexibility index (Phi) is 5.16. The molecule has 1 aromatic heterocycles. The molecule has 2 fully saturated rings. The van der Waals surface area contributed by atoms with E-state index in [1.165, 1.54) is 11.1 Å². The zero-order valence-corrected chi connectivity index (χ0v) is 16.3. The van der Waals surface area contributed by atoms with Gasteiger partial charge in [0.2, 0.25) is 0 Å². The maximum absolute atomic E-state index is 12.4. The fourth-order valence-electron chi connectivity index (χ4n) is 4.18. The number of hydrogen-bond donors (Lipinski definition) is 0. The highest BCUT2D eigenvalue weighted by Crippen LogP contribution is 2.29. The van der Waals surface area contributed by atoms with Crippen molar-refractivity contribution in [2.24, 2.45) is 0 Å². The molecule has 0 radical (unpaired) electrons. The molecule has 0 unspecified atom stereocenters. The predicted octanol–water partition coefficient (Wildman–Crippen LogP) is 1.57. The molecule has 2 saturated heterocycles. The van der Waals surface area contributed by atoms with E-state index in [1.54, 1.807) is 19.5 Å². The number of benzene rings is 1. The van der Waals surface area contributed by atoms with E-state index in [2.05, 4.69) is 26.9 Å². The number of fused-ring (bicyclic) bond motifs is 1. The molecular formula is C20H25N3O3S. The predicted molar refractivity (Wildman–Crippen MR) is 104 cm³/mol. The van der Waals surface area contributed by atoms with E-state index < -0.39 is 9.84 Å². The summed E-state index contributed by atoms with van der Waals surface area (Å²) in [6.07, 6.45) is 3.58. The van der Waals surface area contributed by atoms with Gasteiger partial charge in [-0.05, 0) is 35.4 Å². The van der Waals surface area contributed by atoms with Crippen molar-refractivity contribution in [3.8, 4) is 5.75 Å². The van der Waals surface area contributed by atoms with Crippen molar-refractivity contribution in [2.45, 2.75) is 25.2 Å². The fraction of sp³-hybridized carbons (Fsp3) is 0.450. The number of hydrogen-bond acceptors (Lipinski definition) is 6. The van der Waals surface area contributed by atoms with Gasteiger partial charge in [0.1, 0.15) is 5.75 Å². The second-order valence-electron chi connectivity index (χ2n) is 7.36. The molecule has 144 valence electrons. The van der Waals surface area contributed by atoms with Gasteiger partial charge in [-0.15, -0.1) is 0 Å². The van der Waals surface area contributed by atoms with Crippen molar-refractivity contribution in [3.63, 3.8) is 0 Å². The molecule has 2 atom stereocenters. The molecule has 2 aliphatic rings. The maximum atomic E-state index is 12.4. The molecule has 0 spiro atoms. The third-order valence-corrected chi connectivity index (χ3v) is 7.28. The first-order chi connectivity index (χ1) is 13.0. The normalized spacial score (nSPS) is 25.2. The van der Waals surface area contributed by atoms with Crippen LogP contribution in [0.1, 0.15) is 11.1 Å². The molecule has 4 rings (SSSR count). The van der Waals surface area contributed by atoms with E-state index in [-0.39, 0.29) is 23.6 Å². The van der Waals surface area contributed by atoms with Crippen LogP contribution >= 0.6 is 0 Å². The van der Waals surface area contributed by atoms with Crippen LogP contribution in [-0.2, 0) is 22.9 Å². The van der Waals surface area contributed by atoms with Crippen LogP contribution in [-0.4, -0.2) is 67.0 Å². The van der Waals surface area contributed by atoms with Gasteiger partial charge in [-0.2, -0.15) is 0 Å². The summed E-state index contributed by atoms with van der Waals surface area (Å²) in [5.74, 6) is 1.34. The van der Waals surface area contributed by atoms with E-state index in [0.29, 0.717) is 0 Å². The van der Waals surface area contributed by atoms with Crippen molar-refractivity contribution in [2.75, 3.05) is 31.7 Å². The Bertz CT molecular complexity index is 871. The lowest BCUT2D eigenvalue weighted by molar-refractivity contribution is 0.0355. The Balaban J connectivity index is 1.51. The lowest BCUT2D eigenvalue weighted by Crippen LogP contribution is -2.58. The van der Waals surface area contributed by atoms with Crippen LogP contribution in [0.5, 0.6) is 5.75 Å². The molecular weight excluding hydrogens is 362 g/mol. The molecule has 2 aliphatic heterocycles. The van der Waals surface area contributed by atoms with Gasteiger partial charge >= 0.3 is 0 Å². The minimum absolute atomic E-state index is 0.0488. The summed E-state index contributed by atoms with van der Waals surface area (Å²) in [5.41, 5.74) is 2.36. The Hall–Kier alpha value is -1.96. The molecule has 0 bridgehead atoms. The van der Waals surface area contributed by atoms with Gasteiger partial charge in [0, 0.05) is 50.7 Å². The molecule has 0 aliphatic carbocycles. The molecule has 0 N–H and O–H groups in total. The first-order valence-corrected chi connectivity index (χ1v) is 11.1. The van der Waals surface area contributed by atoms with Crippen LogP contribution in [0.3, 0.4) is 0 Å². The average Bonchev–Trinajstić information content (AvgIpc) is 3.01. The zero-order valence-electron chi connectivity index (χ0n) is 15.5. The number of pyridine rings is 1. The smallest absolute Gasteiger partial charge is 0.153 e. The van der Waals surface area contributed by atoms with Gasteiger partial charge in [-0.3, -0.25) is 14.8 Å². The standard InChI is InChI=1S/C20H25N3O3S/c1-26-18-4-2-16(3-5-18)12-22-10-11-23(13-17-6-8-21-9-7-17)20-15-27(24,25)14-19(20)22/h2-9,19-20H,10-15H2,1H3/t19-,20+/m0/s1. The van der Waals surface area contributed by atoms with Gasteiger partial charge in [0.15, 0.2) is 9.84 Å². The summed E-state index contributed by atoms with van der Waals surface area (Å²) in [4.78, 5) is 8.73. The minimum Gasteiger partial charge on any atom is -0.497 e. The second kappa shape index (κ2) is 7.58. The minimum atomic E-state index is -3.01.